The number of aromatic nitrogens is 5. The van der Waals surface area contributed by atoms with Crippen molar-refractivity contribution in [2.24, 2.45) is 0 Å². The molecule has 2 N–H and O–H groups in total. The second kappa shape index (κ2) is 6.43. The molecular formula is C17H12F4N6O2. The van der Waals surface area contributed by atoms with Crippen LogP contribution in [0.4, 0.5) is 22.4 Å². The molecule has 4 aromatic rings. The first-order valence-corrected chi connectivity index (χ1v) is 8.34. The average Bonchev–Trinajstić information content (AvgIpc) is 3.22. The fourth-order valence-electron chi connectivity index (χ4n) is 2.97. The maximum absolute atomic E-state index is 13.7. The Hall–Kier alpha value is -3.70. The van der Waals surface area contributed by atoms with Crippen LogP contribution in [-0.4, -0.2) is 37.1 Å². The second-order valence-electron chi connectivity index (χ2n) is 6.12. The molecule has 0 saturated carbocycles. The van der Waals surface area contributed by atoms with Gasteiger partial charge in [0.2, 0.25) is 0 Å². The number of amides is 1. The van der Waals surface area contributed by atoms with E-state index in [1.54, 1.807) is 6.92 Å². The van der Waals surface area contributed by atoms with Gasteiger partial charge in [-0.2, -0.15) is 23.0 Å². The molecule has 150 valence electrons. The van der Waals surface area contributed by atoms with Crippen LogP contribution >= 0.6 is 0 Å². The topological polar surface area (TPSA) is 97.6 Å². The number of benzene rings is 1. The lowest BCUT2D eigenvalue weighted by molar-refractivity contribution is -0.137. The van der Waals surface area contributed by atoms with Crippen LogP contribution in [-0.2, 0) is 6.18 Å². The number of fused-ring (bicyclic) bond motifs is 3. The van der Waals surface area contributed by atoms with Gasteiger partial charge in [-0.25, -0.2) is 18.9 Å². The Labute approximate surface area is 158 Å². The summed E-state index contributed by atoms with van der Waals surface area (Å²) in [6.07, 6.45) is -2.31. The first kappa shape index (κ1) is 18.7. The largest absolute Gasteiger partial charge is 0.416 e. The SMILES string of the molecule is CCNC(=O)n1ncc2c3[nH]n(-c4cc(F)cc(C(F)(F)F)c4)c(=O)c3cnc21. The summed E-state index contributed by atoms with van der Waals surface area (Å²) in [5.41, 5.74) is -1.94. The number of hydrogen-bond acceptors (Lipinski definition) is 4. The zero-order valence-electron chi connectivity index (χ0n) is 14.7. The number of hydrogen-bond donors (Lipinski definition) is 2. The predicted octanol–water partition coefficient (Wildman–Crippen LogP) is 2.80. The molecule has 0 bridgehead atoms. The van der Waals surface area contributed by atoms with Crippen LogP contribution in [0.3, 0.4) is 0 Å². The lowest BCUT2D eigenvalue weighted by Gasteiger charge is -2.09. The zero-order chi connectivity index (χ0) is 20.9. The molecule has 0 unspecified atom stereocenters. The van der Waals surface area contributed by atoms with Gasteiger partial charge < -0.3 is 5.32 Å². The van der Waals surface area contributed by atoms with Crippen LogP contribution in [0.15, 0.2) is 35.4 Å². The van der Waals surface area contributed by atoms with Crippen molar-refractivity contribution in [3.63, 3.8) is 0 Å². The number of carbonyl (C=O) groups excluding carboxylic acids is 1. The van der Waals surface area contributed by atoms with Crippen molar-refractivity contribution in [2.75, 3.05) is 6.54 Å². The van der Waals surface area contributed by atoms with Gasteiger partial charge >= 0.3 is 12.2 Å². The summed E-state index contributed by atoms with van der Waals surface area (Å²) in [7, 11) is 0. The first-order chi connectivity index (χ1) is 13.7. The average molecular weight is 408 g/mol. The number of aromatic amines is 1. The Morgan fingerprint density at radius 2 is 1.97 bits per heavy atom. The molecule has 1 amide bonds. The molecule has 0 aliphatic carbocycles. The highest BCUT2D eigenvalue weighted by Gasteiger charge is 2.32. The Morgan fingerprint density at radius 3 is 2.66 bits per heavy atom. The van der Waals surface area contributed by atoms with Crippen LogP contribution in [0, 0.1) is 5.82 Å². The van der Waals surface area contributed by atoms with Crippen LogP contribution in [0.2, 0.25) is 0 Å². The Bertz CT molecular complexity index is 1320. The van der Waals surface area contributed by atoms with Crippen molar-refractivity contribution in [1.82, 2.24) is 29.9 Å². The van der Waals surface area contributed by atoms with Crippen molar-refractivity contribution in [3.05, 3.63) is 52.3 Å². The minimum absolute atomic E-state index is 0.0470. The number of H-pyrrole nitrogens is 1. The highest BCUT2D eigenvalue weighted by atomic mass is 19.4. The van der Waals surface area contributed by atoms with Crippen molar-refractivity contribution in [2.45, 2.75) is 13.1 Å². The maximum atomic E-state index is 13.7. The number of nitrogens with zero attached hydrogens (tertiary/aromatic N) is 4. The fraction of sp³-hybridized carbons (Fsp3) is 0.176. The van der Waals surface area contributed by atoms with E-state index in [4.69, 9.17) is 0 Å². The second-order valence-corrected chi connectivity index (χ2v) is 6.12. The van der Waals surface area contributed by atoms with Crippen molar-refractivity contribution < 1.29 is 22.4 Å². The van der Waals surface area contributed by atoms with Gasteiger partial charge in [-0.15, -0.1) is 0 Å². The van der Waals surface area contributed by atoms with Crippen LogP contribution in [0.1, 0.15) is 12.5 Å². The highest BCUT2D eigenvalue weighted by molar-refractivity contribution is 6.03. The predicted molar refractivity (Wildman–Crippen MR) is 94.4 cm³/mol. The molecule has 1 aromatic carbocycles. The zero-order valence-corrected chi connectivity index (χ0v) is 14.7. The summed E-state index contributed by atoms with van der Waals surface area (Å²) in [5, 5.41) is 9.50. The lowest BCUT2D eigenvalue weighted by atomic mass is 10.2. The molecular weight excluding hydrogens is 396 g/mol. The molecule has 3 aromatic heterocycles. The third-order valence-electron chi connectivity index (χ3n) is 4.24. The van der Waals surface area contributed by atoms with Crippen LogP contribution in [0.5, 0.6) is 0 Å². The summed E-state index contributed by atoms with van der Waals surface area (Å²) in [6, 6.07) is 1.26. The van der Waals surface area contributed by atoms with E-state index < -0.39 is 29.1 Å². The number of alkyl halides is 3. The number of carbonyl (C=O) groups is 1. The van der Waals surface area contributed by atoms with Gasteiger partial charge in [0.25, 0.3) is 5.56 Å². The Morgan fingerprint density at radius 1 is 1.21 bits per heavy atom. The van der Waals surface area contributed by atoms with E-state index in [-0.39, 0.29) is 22.2 Å². The van der Waals surface area contributed by atoms with E-state index in [0.717, 1.165) is 15.4 Å². The van der Waals surface area contributed by atoms with E-state index in [2.05, 4.69) is 20.5 Å². The van der Waals surface area contributed by atoms with Gasteiger partial charge in [0, 0.05) is 12.7 Å². The highest BCUT2D eigenvalue weighted by Crippen LogP contribution is 2.31. The van der Waals surface area contributed by atoms with Crippen molar-refractivity contribution >= 4 is 28.0 Å². The van der Waals surface area contributed by atoms with Crippen LogP contribution < -0.4 is 10.9 Å². The van der Waals surface area contributed by atoms with Gasteiger partial charge in [0.15, 0.2) is 5.65 Å². The molecule has 0 aliphatic rings. The number of nitrogens with one attached hydrogen (secondary N) is 2. The third kappa shape index (κ3) is 3.02. The van der Waals surface area contributed by atoms with E-state index in [9.17, 15) is 27.2 Å². The van der Waals surface area contributed by atoms with Gasteiger partial charge in [-0.3, -0.25) is 9.89 Å². The monoisotopic (exact) mass is 408 g/mol. The number of pyridine rings is 1. The smallest absolute Gasteiger partial charge is 0.336 e. The third-order valence-corrected chi connectivity index (χ3v) is 4.24. The van der Waals surface area contributed by atoms with Crippen molar-refractivity contribution in [3.8, 4) is 5.69 Å². The molecule has 0 radical (unpaired) electrons. The number of rotatable bonds is 2. The quantitative estimate of drug-likeness (QED) is 0.499. The minimum atomic E-state index is -4.78. The summed E-state index contributed by atoms with van der Waals surface area (Å²) in [5.74, 6) is -1.15. The molecule has 0 fully saturated rings. The summed E-state index contributed by atoms with van der Waals surface area (Å²) >= 11 is 0. The Balaban J connectivity index is 1.93. The molecule has 0 atom stereocenters. The normalized spacial score (nSPS) is 12.0. The Kier molecular flexibility index (Phi) is 4.14. The maximum Gasteiger partial charge on any atom is 0.416 e. The van der Waals surface area contributed by atoms with E-state index in [1.165, 1.54) is 12.4 Å². The summed E-state index contributed by atoms with van der Waals surface area (Å²) < 4.78 is 54.5. The number of halogens is 4. The fourth-order valence-corrected chi connectivity index (χ4v) is 2.97. The first-order valence-electron chi connectivity index (χ1n) is 8.34. The molecule has 4 rings (SSSR count). The van der Waals surface area contributed by atoms with Gasteiger partial charge in [-0.05, 0) is 25.1 Å². The molecule has 0 saturated heterocycles. The lowest BCUT2D eigenvalue weighted by Crippen LogP contribution is -2.29. The van der Waals surface area contributed by atoms with Gasteiger partial charge in [-0.1, -0.05) is 0 Å². The standard InChI is InChI=1S/C17H12F4N6O2/c1-2-22-16(29)27-14-11(7-24-27)13-12(6-23-14)15(28)26(25-13)10-4-8(17(19,20)21)3-9(18)5-10/h3-7,25H,2H2,1H3,(H,22,29). The molecule has 29 heavy (non-hydrogen) atoms. The molecule has 12 heteroatoms. The van der Waals surface area contributed by atoms with Gasteiger partial charge in [0.05, 0.1) is 33.7 Å². The van der Waals surface area contributed by atoms with E-state index in [0.29, 0.717) is 24.1 Å². The molecule has 0 spiro atoms. The molecule has 0 aliphatic heterocycles. The minimum Gasteiger partial charge on any atom is -0.336 e. The van der Waals surface area contributed by atoms with Crippen molar-refractivity contribution in [1.29, 1.82) is 0 Å². The molecule has 8 nitrogen and oxygen atoms in total. The molecule has 3 heterocycles. The van der Waals surface area contributed by atoms with E-state index >= 15 is 0 Å². The summed E-state index contributed by atoms with van der Waals surface area (Å²) in [6.45, 7) is 2.08. The van der Waals surface area contributed by atoms with Crippen LogP contribution in [0.25, 0.3) is 27.6 Å². The van der Waals surface area contributed by atoms with E-state index in [1.807, 2.05) is 0 Å². The summed E-state index contributed by atoms with van der Waals surface area (Å²) in [4.78, 5) is 28.8. The van der Waals surface area contributed by atoms with Gasteiger partial charge in [0.1, 0.15) is 5.82 Å².